The molecule has 2 N–H and O–H groups in total. The van der Waals surface area contributed by atoms with Crippen molar-refractivity contribution in [3.05, 3.63) is 23.4 Å². The van der Waals surface area contributed by atoms with Crippen molar-refractivity contribution in [2.45, 2.75) is 38.3 Å². The normalized spacial score (nSPS) is 24.5. The van der Waals surface area contributed by atoms with Gasteiger partial charge >= 0.3 is 5.97 Å². The number of aliphatic hydroxyl groups excluding tert-OH is 1. The van der Waals surface area contributed by atoms with Crippen molar-refractivity contribution < 1.29 is 19.4 Å². The Hall–Kier alpha value is -1.70. The number of aliphatic hydroxyl groups is 1. The molecule has 3 heterocycles. The Morgan fingerprint density at radius 3 is 2.88 bits per heavy atom. The van der Waals surface area contributed by atoms with Crippen molar-refractivity contribution in [1.29, 1.82) is 0 Å². The van der Waals surface area contributed by atoms with Gasteiger partial charge in [0.1, 0.15) is 11.4 Å². The van der Waals surface area contributed by atoms with Crippen molar-refractivity contribution in [2.75, 3.05) is 44.9 Å². The average molecular weight is 363 g/mol. The second kappa shape index (κ2) is 8.79. The van der Waals surface area contributed by atoms with Gasteiger partial charge in [-0.3, -0.25) is 0 Å². The Kier molecular flexibility index (Phi) is 6.45. The van der Waals surface area contributed by atoms with Gasteiger partial charge in [0.05, 0.1) is 7.11 Å². The van der Waals surface area contributed by atoms with Crippen molar-refractivity contribution in [2.24, 2.45) is 5.92 Å². The van der Waals surface area contributed by atoms with E-state index in [4.69, 9.17) is 9.47 Å². The highest BCUT2D eigenvalue weighted by Crippen LogP contribution is 2.27. The van der Waals surface area contributed by atoms with E-state index in [1.807, 2.05) is 13.0 Å². The van der Waals surface area contributed by atoms with Crippen LogP contribution in [0.2, 0.25) is 0 Å². The molecule has 2 aliphatic heterocycles. The molecule has 2 atom stereocenters. The number of aryl methyl sites for hydroxylation is 1. The molecule has 1 aromatic rings. The summed E-state index contributed by atoms with van der Waals surface area (Å²) in [6, 6.07) is 2.54. The van der Waals surface area contributed by atoms with E-state index in [2.05, 4.69) is 15.2 Å². The molecule has 26 heavy (non-hydrogen) atoms. The van der Waals surface area contributed by atoms with E-state index >= 15 is 0 Å². The van der Waals surface area contributed by atoms with Crippen LogP contribution in [-0.4, -0.2) is 68.2 Å². The van der Waals surface area contributed by atoms with Gasteiger partial charge in [-0.25, -0.2) is 9.78 Å². The fraction of sp³-hybridized carbons (Fsp3) is 0.684. The number of piperidine rings is 1. The van der Waals surface area contributed by atoms with Gasteiger partial charge in [-0.1, -0.05) is 0 Å². The first-order valence-corrected chi connectivity index (χ1v) is 9.37. The van der Waals surface area contributed by atoms with Gasteiger partial charge in [0.25, 0.3) is 0 Å². The number of rotatable bonds is 5. The second-order valence-corrected chi connectivity index (χ2v) is 7.21. The summed E-state index contributed by atoms with van der Waals surface area (Å²) in [7, 11) is 1.38. The van der Waals surface area contributed by atoms with Crippen LogP contribution < -0.4 is 10.2 Å². The highest BCUT2D eigenvalue weighted by Gasteiger charge is 2.32. The molecule has 7 heteroatoms. The molecular weight excluding hydrogens is 334 g/mol. The molecule has 0 aliphatic carbocycles. The monoisotopic (exact) mass is 363 g/mol. The van der Waals surface area contributed by atoms with Crippen LogP contribution in [0, 0.1) is 12.8 Å². The van der Waals surface area contributed by atoms with E-state index in [-0.39, 0.29) is 24.5 Å². The Bertz CT molecular complexity index is 619. The Morgan fingerprint density at radius 2 is 2.19 bits per heavy atom. The van der Waals surface area contributed by atoms with Crippen LogP contribution in [0.15, 0.2) is 12.3 Å². The summed E-state index contributed by atoms with van der Waals surface area (Å²) < 4.78 is 10.3. The van der Waals surface area contributed by atoms with Gasteiger partial charge in [0.2, 0.25) is 0 Å². The van der Waals surface area contributed by atoms with Crippen LogP contribution in [-0.2, 0) is 9.47 Å². The highest BCUT2D eigenvalue weighted by atomic mass is 16.5. The first-order valence-electron chi connectivity index (χ1n) is 9.37. The van der Waals surface area contributed by atoms with Crippen LogP contribution in [0.1, 0.15) is 35.2 Å². The number of carbonyl (C=O) groups excluding carboxylic acids is 1. The average Bonchev–Trinajstić information content (AvgIpc) is 2.68. The molecule has 1 aromatic heterocycles. The van der Waals surface area contributed by atoms with Gasteiger partial charge in [-0.2, -0.15) is 0 Å². The minimum Gasteiger partial charge on any atom is -0.465 e. The van der Waals surface area contributed by atoms with E-state index < -0.39 is 0 Å². The molecule has 2 unspecified atom stereocenters. The molecule has 2 fully saturated rings. The minimum absolute atomic E-state index is 0.0974. The predicted molar refractivity (Wildman–Crippen MR) is 98.5 cm³/mol. The topological polar surface area (TPSA) is 83.9 Å². The maximum Gasteiger partial charge on any atom is 0.341 e. The van der Waals surface area contributed by atoms with Crippen LogP contribution in [0.3, 0.4) is 0 Å². The number of anilines is 1. The van der Waals surface area contributed by atoms with Crippen LogP contribution in [0.25, 0.3) is 0 Å². The summed E-state index contributed by atoms with van der Waals surface area (Å²) in [5.74, 6) is 0.366. The number of nitrogens with one attached hydrogen (secondary N) is 1. The lowest BCUT2D eigenvalue weighted by Gasteiger charge is -2.41. The summed E-state index contributed by atoms with van der Waals surface area (Å²) in [6.45, 7) is 5.07. The number of ether oxygens (including phenoxy) is 2. The number of methoxy groups -OCH3 is 1. The number of aromatic nitrogens is 1. The smallest absolute Gasteiger partial charge is 0.341 e. The standard InChI is InChI=1S/C19H29N3O4/c1-13-9-16(19(24)25-2)18(20-10-13)22-6-3-17(14(11-22)12-23)21-15-4-7-26-8-5-15/h9-10,14-15,17,21,23H,3-8,11-12H2,1-2H3. The molecule has 2 saturated heterocycles. The third kappa shape index (κ3) is 4.34. The molecule has 0 saturated carbocycles. The van der Waals surface area contributed by atoms with Crippen LogP contribution >= 0.6 is 0 Å². The Balaban J connectivity index is 1.71. The maximum absolute atomic E-state index is 12.1. The number of carbonyl (C=O) groups is 1. The zero-order valence-electron chi connectivity index (χ0n) is 15.6. The Labute approximate surface area is 154 Å². The second-order valence-electron chi connectivity index (χ2n) is 7.21. The van der Waals surface area contributed by atoms with Crippen molar-refractivity contribution >= 4 is 11.8 Å². The Morgan fingerprint density at radius 1 is 1.42 bits per heavy atom. The van der Waals surface area contributed by atoms with E-state index in [1.54, 1.807) is 6.20 Å². The summed E-state index contributed by atoms with van der Waals surface area (Å²) in [5, 5.41) is 13.6. The molecule has 7 nitrogen and oxygen atoms in total. The molecular formula is C19H29N3O4. The SMILES string of the molecule is COC(=O)c1cc(C)cnc1N1CCC(NC2CCOCC2)C(CO)C1. The third-order valence-corrected chi connectivity index (χ3v) is 5.35. The lowest BCUT2D eigenvalue weighted by Crippen LogP contribution is -2.54. The molecule has 0 aromatic carbocycles. The zero-order valence-corrected chi connectivity index (χ0v) is 15.6. The number of nitrogens with zero attached hydrogens (tertiary/aromatic N) is 2. The molecule has 144 valence electrons. The molecule has 0 amide bonds. The summed E-state index contributed by atoms with van der Waals surface area (Å²) in [6.07, 6.45) is 4.70. The lowest BCUT2D eigenvalue weighted by atomic mass is 9.91. The summed E-state index contributed by atoms with van der Waals surface area (Å²) in [5.41, 5.74) is 1.41. The largest absolute Gasteiger partial charge is 0.465 e. The fourth-order valence-corrected chi connectivity index (χ4v) is 3.87. The van der Waals surface area contributed by atoms with Crippen LogP contribution in [0.4, 0.5) is 5.82 Å². The molecule has 2 aliphatic rings. The molecule has 0 radical (unpaired) electrons. The summed E-state index contributed by atoms with van der Waals surface area (Å²) >= 11 is 0. The van der Waals surface area contributed by atoms with Gasteiger partial charge in [0.15, 0.2) is 0 Å². The summed E-state index contributed by atoms with van der Waals surface area (Å²) in [4.78, 5) is 18.7. The number of hydrogen-bond acceptors (Lipinski definition) is 7. The van der Waals surface area contributed by atoms with E-state index in [9.17, 15) is 9.90 Å². The highest BCUT2D eigenvalue weighted by molar-refractivity contribution is 5.95. The number of esters is 1. The molecule has 0 bridgehead atoms. The van der Waals surface area contributed by atoms with E-state index in [0.717, 1.165) is 44.6 Å². The van der Waals surface area contributed by atoms with Gasteiger partial charge in [-0.15, -0.1) is 0 Å². The fourth-order valence-electron chi connectivity index (χ4n) is 3.87. The lowest BCUT2D eigenvalue weighted by molar-refractivity contribution is 0.0600. The number of pyridine rings is 1. The zero-order chi connectivity index (χ0) is 18.5. The predicted octanol–water partition coefficient (Wildman–Crippen LogP) is 1.13. The van der Waals surface area contributed by atoms with E-state index in [0.29, 0.717) is 24.0 Å². The van der Waals surface area contributed by atoms with Gasteiger partial charge in [-0.05, 0) is 37.8 Å². The third-order valence-electron chi connectivity index (χ3n) is 5.35. The van der Waals surface area contributed by atoms with Crippen LogP contribution in [0.5, 0.6) is 0 Å². The van der Waals surface area contributed by atoms with Gasteiger partial charge in [0, 0.05) is 57.1 Å². The maximum atomic E-state index is 12.1. The van der Waals surface area contributed by atoms with E-state index in [1.165, 1.54) is 7.11 Å². The number of hydrogen-bond donors (Lipinski definition) is 2. The van der Waals surface area contributed by atoms with Crippen molar-refractivity contribution in [1.82, 2.24) is 10.3 Å². The van der Waals surface area contributed by atoms with Crippen molar-refractivity contribution in [3.8, 4) is 0 Å². The quantitative estimate of drug-likeness (QED) is 0.759. The van der Waals surface area contributed by atoms with Crippen molar-refractivity contribution in [3.63, 3.8) is 0 Å². The minimum atomic E-state index is -0.376. The molecule has 0 spiro atoms. The van der Waals surface area contributed by atoms with Gasteiger partial charge < -0.3 is 24.8 Å². The first-order chi connectivity index (χ1) is 12.6. The first kappa shape index (κ1) is 19.1. The molecule has 3 rings (SSSR count).